The lowest BCUT2D eigenvalue weighted by Crippen LogP contribution is -2.15. The molecule has 0 atom stereocenters. The molecule has 0 radical (unpaired) electrons. The topological polar surface area (TPSA) is 82.0 Å². The minimum absolute atomic E-state index is 0.242. The maximum absolute atomic E-state index is 12.2. The van der Waals surface area contributed by atoms with E-state index in [4.69, 9.17) is 5.26 Å². The SMILES string of the molecule is CC(=O)Nc1ccccc1C(=O)Nc1ccc(C#N)s1. The molecule has 0 aliphatic heterocycles. The highest BCUT2D eigenvalue weighted by Crippen LogP contribution is 2.23. The van der Waals surface area contributed by atoms with E-state index in [-0.39, 0.29) is 11.8 Å². The van der Waals surface area contributed by atoms with Crippen molar-refractivity contribution in [3.8, 4) is 6.07 Å². The van der Waals surface area contributed by atoms with Crippen LogP contribution in [0.3, 0.4) is 0 Å². The molecule has 2 rings (SSSR count). The van der Waals surface area contributed by atoms with Gasteiger partial charge in [-0.05, 0) is 24.3 Å². The summed E-state index contributed by atoms with van der Waals surface area (Å²) in [6.07, 6.45) is 0. The number of hydrogen-bond donors (Lipinski definition) is 2. The van der Waals surface area contributed by atoms with Crippen LogP contribution >= 0.6 is 11.3 Å². The van der Waals surface area contributed by atoms with E-state index in [1.54, 1.807) is 36.4 Å². The van der Waals surface area contributed by atoms with Crippen molar-refractivity contribution in [2.75, 3.05) is 10.6 Å². The number of hydrogen-bond acceptors (Lipinski definition) is 4. The van der Waals surface area contributed by atoms with E-state index in [2.05, 4.69) is 10.6 Å². The Hall–Kier alpha value is -2.65. The lowest BCUT2D eigenvalue weighted by atomic mass is 10.1. The molecule has 1 heterocycles. The van der Waals surface area contributed by atoms with Crippen LogP contribution in [0.5, 0.6) is 0 Å². The quantitative estimate of drug-likeness (QED) is 0.909. The number of anilines is 2. The first-order valence-corrected chi connectivity index (χ1v) is 6.59. The van der Waals surface area contributed by atoms with E-state index in [1.807, 2.05) is 6.07 Å². The molecule has 1 aromatic heterocycles. The lowest BCUT2D eigenvalue weighted by molar-refractivity contribution is -0.114. The van der Waals surface area contributed by atoms with Crippen molar-refractivity contribution >= 4 is 33.8 Å². The molecule has 0 spiro atoms. The van der Waals surface area contributed by atoms with Crippen molar-refractivity contribution in [3.63, 3.8) is 0 Å². The van der Waals surface area contributed by atoms with Crippen molar-refractivity contribution < 1.29 is 9.59 Å². The second-order valence-corrected chi connectivity index (χ2v) is 5.04. The van der Waals surface area contributed by atoms with Crippen LogP contribution in [0.4, 0.5) is 10.7 Å². The third-order valence-corrected chi connectivity index (χ3v) is 3.34. The Morgan fingerprint density at radius 2 is 1.90 bits per heavy atom. The monoisotopic (exact) mass is 285 g/mol. The normalized spacial score (nSPS) is 9.60. The second kappa shape index (κ2) is 5.99. The average molecular weight is 285 g/mol. The van der Waals surface area contributed by atoms with Crippen molar-refractivity contribution in [2.24, 2.45) is 0 Å². The maximum atomic E-state index is 12.2. The summed E-state index contributed by atoms with van der Waals surface area (Å²) in [4.78, 5) is 23.8. The van der Waals surface area contributed by atoms with Gasteiger partial charge in [0.05, 0.1) is 16.3 Å². The predicted molar refractivity (Wildman–Crippen MR) is 77.7 cm³/mol. The van der Waals surface area contributed by atoms with Gasteiger partial charge in [0.25, 0.3) is 5.91 Å². The van der Waals surface area contributed by atoms with Crippen molar-refractivity contribution in [2.45, 2.75) is 6.92 Å². The first-order chi connectivity index (χ1) is 9.60. The Morgan fingerprint density at radius 3 is 2.55 bits per heavy atom. The van der Waals surface area contributed by atoms with Gasteiger partial charge in [-0.15, -0.1) is 11.3 Å². The van der Waals surface area contributed by atoms with Gasteiger partial charge in [0.15, 0.2) is 0 Å². The molecule has 100 valence electrons. The van der Waals surface area contributed by atoms with Crippen LogP contribution in [-0.4, -0.2) is 11.8 Å². The number of nitrogens with one attached hydrogen (secondary N) is 2. The number of thiophene rings is 1. The van der Waals surface area contributed by atoms with E-state index >= 15 is 0 Å². The smallest absolute Gasteiger partial charge is 0.258 e. The zero-order valence-corrected chi connectivity index (χ0v) is 11.5. The van der Waals surface area contributed by atoms with Crippen LogP contribution in [0.25, 0.3) is 0 Å². The average Bonchev–Trinajstić information content (AvgIpc) is 2.86. The molecular formula is C14H11N3O2S. The van der Waals surface area contributed by atoms with Gasteiger partial charge < -0.3 is 10.6 Å². The third kappa shape index (κ3) is 3.22. The fourth-order valence-corrected chi connectivity index (χ4v) is 2.32. The summed E-state index contributed by atoms with van der Waals surface area (Å²) in [6, 6.07) is 12.1. The second-order valence-electron chi connectivity index (χ2n) is 3.96. The summed E-state index contributed by atoms with van der Waals surface area (Å²) in [6.45, 7) is 1.38. The van der Waals surface area contributed by atoms with E-state index in [0.29, 0.717) is 21.1 Å². The third-order valence-electron chi connectivity index (χ3n) is 2.44. The Balaban J connectivity index is 2.21. The van der Waals surface area contributed by atoms with Gasteiger partial charge in [0.1, 0.15) is 10.9 Å². The molecule has 5 nitrogen and oxygen atoms in total. The molecule has 0 unspecified atom stereocenters. The molecule has 0 aliphatic carbocycles. The molecule has 0 fully saturated rings. The molecule has 2 aromatic rings. The number of rotatable bonds is 3. The summed E-state index contributed by atoms with van der Waals surface area (Å²) >= 11 is 1.20. The van der Waals surface area contributed by atoms with Gasteiger partial charge in [-0.1, -0.05) is 12.1 Å². The number of carbonyl (C=O) groups excluding carboxylic acids is 2. The highest BCUT2D eigenvalue weighted by Gasteiger charge is 2.12. The first-order valence-electron chi connectivity index (χ1n) is 5.78. The lowest BCUT2D eigenvalue weighted by Gasteiger charge is -2.09. The largest absolute Gasteiger partial charge is 0.326 e. The molecule has 1 aromatic carbocycles. The minimum atomic E-state index is -0.333. The molecule has 20 heavy (non-hydrogen) atoms. The summed E-state index contributed by atoms with van der Waals surface area (Å²) in [5, 5.41) is 14.6. The Kier molecular flexibility index (Phi) is 4.13. The van der Waals surface area contributed by atoms with Crippen molar-refractivity contribution in [1.82, 2.24) is 0 Å². The zero-order valence-electron chi connectivity index (χ0n) is 10.6. The number of carbonyl (C=O) groups is 2. The predicted octanol–water partition coefficient (Wildman–Crippen LogP) is 2.83. The van der Waals surface area contributed by atoms with E-state index in [1.165, 1.54) is 18.3 Å². The standard InChI is InChI=1S/C14H11N3O2S/c1-9(18)16-12-5-3-2-4-11(12)14(19)17-13-7-6-10(8-15)20-13/h2-7H,1H3,(H,16,18)(H,17,19). The summed E-state index contributed by atoms with van der Waals surface area (Å²) in [5.41, 5.74) is 0.823. The fourth-order valence-electron chi connectivity index (χ4n) is 1.62. The van der Waals surface area contributed by atoms with Gasteiger partial charge in [-0.25, -0.2) is 0 Å². The van der Waals surface area contributed by atoms with Crippen LogP contribution < -0.4 is 10.6 Å². The van der Waals surface area contributed by atoms with E-state index in [0.717, 1.165) is 0 Å². The van der Waals surface area contributed by atoms with Gasteiger partial charge in [0, 0.05) is 6.92 Å². The van der Waals surface area contributed by atoms with Crippen LogP contribution in [0.1, 0.15) is 22.2 Å². The van der Waals surface area contributed by atoms with Gasteiger partial charge in [-0.2, -0.15) is 5.26 Å². The number of nitrogens with zero attached hydrogens (tertiary/aromatic N) is 1. The van der Waals surface area contributed by atoms with Gasteiger partial charge in [-0.3, -0.25) is 9.59 Å². The van der Waals surface area contributed by atoms with Crippen LogP contribution in [0.15, 0.2) is 36.4 Å². The van der Waals surface area contributed by atoms with E-state index in [9.17, 15) is 9.59 Å². The molecule has 0 bridgehead atoms. The van der Waals surface area contributed by atoms with E-state index < -0.39 is 0 Å². The van der Waals surface area contributed by atoms with Crippen LogP contribution in [0, 0.1) is 11.3 Å². The molecule has 0 saturated carbocycles. The summed E-state index contributed by atoms with van der Waals surface area (Å²) in [7, 11) is 0. The Bertz CT molecular complexity index is 700. The Labute approximate surface area is 119 Å². The zero-order chi connectivity index (χ0) is 14.5. The minimum Gasteiger partial charge on any atom is -0.326 e. The van der Waals surface area contributed by atoms with Crippen LogP contribution in [-0.2, 0) is 4.79 Å². The summed E-state index contributed by atoms with van der Waals surface area (Å²) < 4.78 is 0. The maximum Gasteiger partial charge on any atom is 0.258 e. The summed E-state index contributed by atoms with van der Waals surface area (Å²) in [5.74, 6) is -0.575. The molecule has 0 aliphatic rings. The number of amides is 2. The fraction of sp³-hybridized carbons (Fsp3) is 0.0714. The highest BCUT2D eigenvalue weighted by molar-refractivity contribution is 7.16. The number of nitriles is 1. The molecule has 6 heteroatoms. The molecule has 2 amide bonds. The number of para-hydroxylation sites is 1. The van der Waals surface area contributed by atoms with Gasteiger partial charge in [0.2, 0.25) is 5.91 Å². The number of benzene rings is 1. The molecular weight excluding hydrogens is 274 g/mol. The highest BCUT2D eigenvalue weighted by atomic mass is 32.1. The first kappa shape index (κ1) is 13.8. The molecule has 2 N–H and O–H groups in total. The Morgan fingerprint density at radius 1 is 1.15 bits per heavy atom. The van der Waals surface area contributed by atoms with Gasteiger partial charge >= 0.3 is 0 Å². The van der Waals surface area contributed by atoms with Crippen molar-refractivity contribution in [1.29, 1.82) is 5.26 Å². The van der Waals surface area contributed by atoms with Crippen molar-refractivity contribution in [3.05, 3.63) is 46.8 Å². The van der Waals surface area contributed by atoms with Crippen LogP contribution in [0.2, 0.25) is 0 Å². The molecule has 0 saturated heterocycles.